The van der Waals surface area contributed by atoms with E-state index in [9.17, 15) is 4.79 Å². The molecule has 7 heteroatoms. The van der Waals surface area contributed by atoms with Gasteiger partial charge in [0.05, 0.1) is 39.9 Å². The molecule has 0 radical (unpaired) electrons. The summed E-state index contributed by atoms with van der Waals surface area (Å²) in [6.45, 7) is 4.09. The molecule has 7 nitrogen and oxygen atoms in total. The van der Waals surface area contributed by atoms with E-state index < -0.39 is 0 Å². The fraction of sp³-hybridized carbons (Fsp3) is 0.241. The molecule has 1 aromatic heterocycles. The van der Waals surface area contributed by atoms with Gasteiger partial charge in [-0.05, 0) is 60.7 Å². The first-order valence-electron chi connectivity index (χ1n) is 12.0. The van der Waals surface area contributed by atoms with Crippen LogP contribution in [0.25, 0.3) is 10.9 Å². The largest absolute Gasteiger partial charge is 0.493 e. The number of methoxy groups -OCH3 is 2. The number of likely N-dealkylation sites (N-methyl/N-ethyl adjacent to an activating group) is 1. The zero-order valence-electron chi connectivity index (χ0n) is 20.8. The van der Waals surface area contributed by atoms with Crippen molar-refractivity contribution < 1.29 is 19.0 Å². The number of pyridine rings is 1. The van der Waals surface area contributed by atoms with Crippen LogP contribution in [-0.4, -0.2) is 58.2 Å². The fourth-order valence-corrected chi connectivity index (χ4v) is 4.62. The van der Waals surface area contributed by atoms with Crippen LogP contribution >= 0.6 is 0 Å². The molecule has 0 unspecified atom stereocenters. The summed E-state index contributed by atoms with van der Waals surface area (Å²) in [6, 6.07) is 20.7. The molecule has 184 valence electrons. The molecule has 3 aromatic carbocycles. The minimum absolute atomic E-state index is 0.0118. The molecular weight excluding hydrogens is 454 g/mol. The Hall–Kier alpha value is -3.94. The Morgan fingerprint density at radius 2 is 1.44 bits per heavy atom. The van der Waals surface area contributed by atoms with Gasteiger partial charge in [-0.1, -0.05) is 0 Å². The summed E-state index contributed by atoms with van der Waals surface area (Å²) in [7, 11) is 5.43. The summed E-state index contributed by atoms with van der Waals surface area (Å²) in [4.78, 5) is 17.5. The Morgan fingerprint density at radius 3 is 2.08 bits per heavy atom. The van der Waals surface area contributed by atoms with Crippen LogP contribution in [0.3, 0.4) is 0 Å². The molecule has 1 aliphatic rings. The molecule has 0 aliphatic carbocycles. The number of hydrogen-bond donors (Lipinski definition) is 1. The van der Waals surface area contributed by atoms with Crippen LogP contribution in [0.1, 0.15) is 15.9 Å². The van der Waals surface area contributed by atoms with Crippen LogP contribution in [0.4, 0.5) is 5.69 Å². The van der Waals surface area contributed by atoms with Crippen LogP contribution < -0.4 is 24.0 Å². The number of piperazine rings is 1. The van der Waals surface area contributed by atoms with Gasteiger partial charge in [0.25, 0.3) is 0 Å². The highest BCUT2D eigenvalue weighted by atomic mass is 16.5. The van der Waals surface area contributed by atoms with Crippen LogP contribution in [0, 0.1) is 0 Å². The first-order chi connectivity index (χ1) is 17.5. The summed E-state index contributed by atoms with van der Waals surface area (Å²) in [5.41, 5.74) is 3.26. The standard InChI is InChI=1S/C29H30N3O4/c1-32(16-14-30-15-17-32)22-8-4-20(5-9-22)29(33)21-6-10-23(11-7-21)36-26-12-13-31-25-19-28(35-3)27(34-2)18-24(25)26/h4-13,18-19,30H,14-17H2,1-3H3/q+1. The van der Waals surface area contributed by atoms with Crippen LogP contribution in [0.2, 0.25) is 0 Å². The monoisotopic (exact) mass is 484 g/mol. The third-order valence-corrected chi connectivity index (χ3v) is 6.87. The predicted molar refractivity (Wildman–Crippen MR) is 142 cm³/mol. The summed E-state index contributed by atoms with van der Waals surface area (Å²) in [5.74, 6) is 2.46. The van der Waals surface area contributed by atoms with Gasteiger partial charge in [0.15, 0.2) is 17.3 Å². The average Bonchev–Trinajstić information content (AvgIpc) is 2.93. The molecule has 5 rings (SSSR count). The van der Waals surface area contributed by atoms with Crippen molar-refractivity contribution in [3.63, 3.8) is 0 Å². The van der Waals surface area contributed by atoms with Gasteiger partial charge in [-0.15, -0.1) is 0 Å². The number of aromatic nitrogens is 1. The molecule has 1 N–H and O–H groups in total. The van der Waals surface area contributed by atoms with Gasteiger partial charge in [-0.3, -0.25) is 14.3 Å². The number of nitrogens with one attached hydrogen (secondary N) is 1. The fourth-order valence-electron chi connectivity index (χ4n) is 4.62. The third kappa shape index (κ3) is 4.63. The van der Waals surface area contributed by atoms with E-state index >= 15 is 0 Å². The van der Waals surface area contributed by atoms with E-state index in [0.717, 1.165) is 41.6 Å². The van der Waals surface area contributed by atoms with Gasteiger partial charge in [-0.25, -0.2) is 0 Å². The number of ketones is 1. The number of hydrogen-bond acceptors (Lipinski definition) is 6. The van der Waals surface area contributed by atoms with E-state index in [2.05, 4.69) is 29.5 Å². The first kappa shape index (κ1) is 23.8. The smallest absolute Gasteiger partial charge is 0.193 e. The first-order valence-corrected chi connectivity index (χ1v) is 12.0. The van der Waals surface area contributed by atoms with Crippen molar-refractivity contribution in [2.45, 2.75) is 0 Å². The average molecular weight is 485 g/mol. The number of benzene rings is 3. The van der Waals surface area contributed by atoms with Gasteiger partial charge in [0.2, 0.25) is 0 Å². The molecule has 0 atom stereocenters. The number of ether oxygens (including phenoxy) is 3. The highest BCUT2D eigenvalue weighted by Gasteiger charge is 2.27. The van der Waals surface area contributed by atoms with E-state index in [1.54, 1.807) is 38.6 Å². The van der Waals surface area contributed by atoms with Gasteiger partial charge in [0.1, 0.15) is 17.2 Å². The van der Waals surface area contributed by atoms with Gasteiger partial charge in [-0.2, -0.15) is 0 Å². The molecule has 1 aliphatic heterocycles. The van der Waals surface area contributed by atoms with E-state index in [4.69, 9.17) is 14.2 Å². The Morgan fingerprint density at radius 1 is 0.833 bits per heavy atom. The molecule has 1 saturated heterocycles. The molecule has 1 fully saturated rings. The van der Waals surface area contributed by atoms with E-state index in [-0.39, 0.29) is 5.78 Å². The van der Waals surface area contributed by atoms with Gasteiger partial charge < -0.3 is 19.5 Å². The summed E-state index contributed by atoms with van der Waals surface area (Å²) in [6.07, 6.45) is 1.69. The van der Waals surface area contributed by atoms with E-state index in [0.29, 0.717) is 34.1 Å². The van der Waals surface area contributed by atoms with Gasteiger partial charge in [0, 0.05) is 41.9 Å². The SMILES string of the molecule is COc1cc2nccc(Oc3ccc(C(=O)c4ccc([N+]5(C)CCNCC5)cc4)cc3)c2cc1OC. The highest BCUT2D eigenvalue weighted by Crippen LogP contribution is 2.37. The lowest BCUT2D eigenvalue weighted by atomic mass is 10.0. The van der Waals surface area contributed by atoms with Crippen molar-refractivity contribution in [1.82, 2.24) is 14.8 Å². The minimum Gasteiger partial charge on any atom is -0.493 e. The molecule has 0 saturated carbocycles. The van der Waals surface area contributed by atoms with Crippen molar-refractivity contribution in [2.75, 3.05) is 47.4 Å². The van der Waals surface area contributed by atoms with Crippen molar-refractivity contribution in [3.8, 4) is 23.0 Å². The lowest BCUT2D eigenvalue weighted by Gasteiger charge is -2.37. The second kappa shape index (κ2) is 9.97. The lowest BCUT2D eigenvalue weighted by Crippen LogP contribution is -2.57. The molecule has 0 spiro atoms. The Balaban J connectivity index is 1.33. The topological polar surface area (TPSA) is 69.7 Å². The molecule has 4 aromatic rings. The van der Waals surface area contributed by atoms with Crippen LogP contribution in [0.15, 0.2) is 72.9 Å². The molecule has 2 heterocycles. The number of carbonyl (C=O) groups excluding carboxylic acids is 1. The Bertz CT molecular complexity index is 1380. The second-order valence-electron chi connectivity index (χ2n) is 9.13. The number of quaternary nitrogens is 1. The summed E-state index contributed by atoms with van der Waals surface area (Å²) < 4.78 is 17.8. The third-order valence-electron chi connectivity index (χ3n) is 6.87. The summed E-state index contributed by atoms with van der Waals surface area (Å²) in [5, 5.41) is 4.21. The Labute approximate surface area is 210 Å². The summed E-state index contributed by atoms with van der Waals surface area (Å²) >= 11 is 0. The Kier molecular flexibility index (Phi) is 6.59. The van der Waals surface area contributed by atoms with Crippen molar-refractivity contribution in [3.05, 3.63) is 84.1 Å². The zero-order chi connectivity index (χ0) is 25.1. The van der Waals surface area contributed by atoms with Crippen LogP contribution in [0.5, 0.6) is 23.0 Å². The van der Waals surface area contributed by atoms with Crippen molar-refractivity contribution >= 4 is 22.4 Å². The molecule has 0 amide bonds. The van der Waals surface area contributed by atoms with Crippen LogP contribution in [-0.2, 0) is 0 Å². The van der Waals surface area contributed by atoms with Gasteiger partial charge >= 0.3 is 0 Å². The van der Waals surface area contributed by atoms with E-state index in [1.807, 2.05) is 36.4 Å². The number of fused-ring (bicyclic) bond motifs is 1. The lowest BCUT2D eigenvalue weighted by molar-refractivity contribution is 0.103. The van der Waals surface area contributed by atoms with E-state index in [1.165, 1.54) is 5.69 Å². The van der Waals surface area contributed by atoms with Crippen molar-refractivity contribution in [1.29, 1.82) is 0 Å². The maximum absolute atomic E-state index is 13.1. The molecule has 0 bridgehead atoms. The zero-order valence-corrected chi connectivity index (χ0v) is 20.8. The maximum Gasteiger partial charge on any atom is 0.193 e. The maximum atomic E-state index is 13.1. The predicted octanol–water partition coefficient (Wildman–Crippen LogP) is 4.82. The number of carbonyl (C=O) groups is 1. The number of rotatable bonds is 7. The second-order valence-corrected chi connectivity index (χ2v) is 9.13. The number of nitrogens with zero attached hydrogens (tertiary/aromatic N) is 2. The highest BCUT2D eigenvalue weighted by molar-refractivity contribution is 6.09. The quantitative estimate of drug-likeness (QED) is 0.300. The van der Waals surface area contributed by atoms with Crippen molar-refractivity contribution in [2.24, 2.45) is 0 Å². The normalized spacial score (nSPS) is 14.9. The minimum atomic E-state index is -0.0118. The molecular formula is C29H30N3O4+. The molecule has 36 heavy (non-hydrogen) atoms.